The van der Waals surface area contributed by atoms with Crippen LogP contribution in [-0.4, -0.2) is 18.0 Å². The number of rotatable bonds is 3. The minimum atomic E-state index is -1.12. The second-order valence-corrected chi connectivity index (χ2v) is 3.57. The minimum absolute atomic E-state index is 0.0902. The van der Waals surface area contributed by atoms with Gasteiger partial charge in [-0.15, -0.1) is 0 Å². The fraction of sp³-hybridized carbons (Fsp3) is 0.167. The van der Waals surface area contributed by atoms with Gasteiger partial charge in [-0.3, -0.25) is 9.59 Å². The number of carbonyl (C=O) groups is 2. The van der Waals surface area contributed by atoms with Crippen molar-refractivity contribution in [3.8, 4) is 0 Å². The molecule has 1 aliphatic heterocycles. The van der Waals surface area contributed by atoms with Crippen molar-refractivity contribution in [3.05, 3.63) is 41.7 Å². The Morgan fingerprint density at radius 1 is 1.29 bits per heavy atom. The first-order valence-corrected chi connectivity index (χ1v) is 5.01. The zero-order valence-corrected chi connectivity index (χ0v) is 9.17. The lowest BCUT2D eigenvalue weighted by atomic mass is 10.0. The summed E-state index contributed by atoms with van der Waals surface area (Å²) >= 11 is 0. The molecule has 5 heteroatoms. The van der Waals surface area contributed by atoms with E-state index in [9.17, 15) is 9.59 Å². The molecule has 1 aliphatic rings. The number of amides is 1. The molecule has 0 saturated carbocycles. The van der Waals surface area contributed by atoms with E-state index in [4.69, 9.17) is 15.2 Å². The predicted molar refractivity (Wildman–Crippen MR) is 59.6 cm³/mol. The van der Waals surface area contributed by atoms with Crippen molar-refractivity contribution < 1.29 is 19.1 Å². The zero-order valence-electron chi connectivity index (χ0n) is 9.17. The van der Waals surface area contributed by atoms with E-state index >= 15 is 0 Å². The van der Waals surface area contributed by atoms with Crippen LogP contribution in [0.3, 0.4) is 0 Å². The topological polar surface area (TPSA) is 78.6 Å². The van der Waals surface area contributed by atoms with Crippen molar-refractivity contribution in [2.45, 2.75) is 13.2 Å². The molecule has 1 unspecified atom stereocenters. The number of primary amides is 1. The number of benzene rings is 1. The van der Waals surface area contributed by atoms with E-state index in [1.807, 2.05) is 0 Å². The first-order chi connectivity index (χ1) is 8.09. The Labute approximate surface area is 97.8 Å². The van der Waals surface area contributed by atoms with Gasteiger partial charge in [-0.2, -0.15) is 0 Å². The maximum Gasteiger partial charge on any atom is 0.320 e. The smallest absolute Gasteiger partial charge is 0.320 e. The molecule has 1 atom stereocenters. The van der Waals surface area contributed by atoms with Crippen LogP contribution in [0.1, 0.15) is 22.8 Å². The van der Waals surface area contributed by atoms with Crippen LogP contribution in [0, 0.1) is 0 Å². The number of nitrogens with two attached hydrogens (primary N) is 1. The summed E-state index contributed by atoms with van der Waals surface area (Å²) in [6.45, 7) is 1.46. The third-order valence-corrected chi connectivity index (χ3v) is 2.34. The van der Waals surface area contributed by atoms with Gasteiger partial charge in [-0.05, 0) is 6.92 Å². The molecule has 0 aliphatic carbocycles. The quantitative estimate of drug-likeness (QED) is 0.791. The number of ketones is 1. The van der Waals surface area contributed by atoms with Gasteiger partial charge in [0.25, 0.3) is 5.91 Å². The number of hydrogen-bond donors (Lipinski definition) is 1. The molecule has 88 valence electrons. The van der Waals surface area contributed by atoms with Crippen LogP contribution in [0.15, 0.2) is 30.5 Å². The molecule has 1 amide bonds. The molecule has 1 heterocycles. The van der Waals surface area contributed by atoms with Crippen LogP contribution in [0.4, 0.5) is 0 Å². The van der Waals surface area contributed by atoms with E-state index in [-0.39, 0.29) is 5.78 Å². The lowest BCUT2D eigenvalue weighted by Crippen LogP contribution is -2.29. The van der Waals surface area contributed by atoms with Crippen LogP contribution in [0.2, 0.25) is 0 Å². The first-order valence-electron chi connectivity index (χ1n) is 5.01. The molecule has 2 rings (SSSR count). The molecule has 0 spiro atoms. The molecule has 17 heavy (non-hydrogen) atoms. The van der Waals surface area contributed by atoms with Crippen LogP contribution in [-0.2, 0) is 14.3 Å². The normalized spacial score (nSPS) is 17.9. The SMILES string of the molecule is CC(=O)c1ccccc1C1=COC(C(N)=O)O1. The van der Waals surface area contributed by atoms with E-state index in [0.29, 0.717) is 16.9 Å². The summed E-state index contributed by atoms with van der Waals surface area (Å²) < 4.78 is 10.2. The van der Waals surface area contributed by atoms with E-state index in [2.05, 4.69) is 0 Å². The first kappa shape index (κ1) is 11.2. The summed E-state index contributed by atoms with van der Waals surface area (Å²) in [5, 5.41) is 0. The van der Waals surface area contributed by atoms with Crippen LogP contribution < -0.4 is 5.73 Å². The lowest BCUT2D eigenvalue weighted by Gasteiger charge is -2.09. The van der Waals surface area contributed by atoms with Crippen LogP contribution in [0.5, 0.6) is 0 Å². The highest BCUT2D eigenvalue weighted by atomic mass is 16.7. The van der Waals surface area contributed by atoms with Gasteiger partial charge in [0.1, 0.15) is 6.26 Å². The minimum Gasteiger partial charge on any atom is -0.450 e. The Kier molecular flexibility index (Phi) is 2.82. The highest BCUT2D eigenvalue weighted by Crippen LogP contribution is 2.27. The standard InChI is InChI=1S/C12H11NO4/c1-7(14)8-4-2-3-5-9(8)10-6-16-12(17-10)11(13)15/h2-6,12H,1H3,(H2,13,15). The number of hydrogen-bond acceptors (Lipinski definition) is 4. The third-order valence-electron chi connectivity index (χ3n) is 2.34. The Balaban J connectivity index is 2.31. The number of carbonyl (C=O) groups excluding carboxylic acids is 2. The van der Waals surface area contributed by atoms with Crippen molar-refractivity contribution >= 4 is 17.4 Å². The predicted octanol–water partition coefficient (Wildman–Crippen LogP) is 1.05. The Hall–Kier alpha value is -2.30. The molecule has 1 aromatic carbocycles. The fourth-order valence-corrected chi connectivity index (χ4v) is 1.55. The molecular formula is C12H11NO4. The molecule has 1 aromatic rings. The summed E-state index contributed by atoms with van der Waals surface area (Å²) in [7, 11) is 0. The maximum atomic E-state index is 11.4. The van der Waals surface area contributed by atoms with Gasteiger partial charge in [0, 0.05) is 11.1 Å². The molecule has 0 saturated heterocycles. The molecule has 0 radical (unpaired) electrons. The van der Waals surface area contributed by atoms with Crippen molar-refractivity contribution in [1.29, 1.82) is 0 Å². The second-order valence-electron chi connectivity index (χ2n) is 3.57. The average Bonchev–Trinajstić information content (AvgIpc) is 2.78. The van der Waals surface area contributed by atoms with Gasteiger partial charge >= 0.3 is 6.29 Å². The lowest BCUT2D eigenvalue weighted by molar-refractivity contribution is -0.139. The summed E-state index contributed by atoms with van der Waals surface area (Å²) in [6, 6.07) is 6.92. The van der Waals surface area contributed by atoms with E-state index in [1.165, 1.54) is 13.2 Å². The van der Waals surface area contributed by atoms with Gasteiger partial charge in [0.05, 0.1) is 0 Å². The highest BCUT2D eigenvalue weighted by Gasteiger charge is 2.27. The van der Waals surface area contributed by atoms with Crippen molar-refractivity contribution in [1.82, 2.24) is 0 Å². The Bertz CT molecular complexity index is 507. The van der Waals surface area contributed by atoms with Gasteiger partial charge in [-0.25, -0.2) is 0 Å². The monoisotopic (exact) mass is 233 g/mol. The average molecular weight is 233 g/mol. The fourth-order valence-electron chi connectivity index (χ4n) is 1.55. The second kappa shape index (κ2) is 4.29. The summed E-state index contributed by atoms with van der Waals surface area (Å²) in [5.41, 5.74) is 6.14. The molecule has 0 bridgehead atoms. The van der Waals surface area contributed by atoms with Crippen molar-refractivity contribution in [2.75, 3.05) is 0 Å². The van der Waals surface area contributed by atoms with Gasteiger partial charge in [0.2, 0.25) is 0 Å². The van der Waals surface area contributed by atoms with Gasteiger partial charge < -0.3 is 15.2 Å². The van der Waals surface area contributed by atoms with E-state index < -0.39 is 12.2 Å². The molecular weight excluding hydrogens is 222 g/mol. The Morgan fingerprint density at radius 2 is 2.00 bits per heavy atom. The van der Waals surface area contributed by atoms with E-state index in [1.54, 1.807) is 24.3 Å². The summed E-state index contributed by atoms with van der Waals surface area (Å²) in [5.74, 6) is -0.469. The summed E-state index contributed by atoms with van der Waals surface area (Å²) in [6.07, 6.45) is 0.169. The van der Waals surface area contributed by atoms with Crippen molar-refractivity contribution in [2.24, 2.45) is 5.73 Å². The number of ether oxygens (including phenoxy) is 2. The molecule has 5 nitrogen and oxygen atoms in total. The molecule has 2 N–H and O–H groups in total. The van der Waals surface area contributed by atoms with E-state index in [0.717, 1.165) is 0 Å². The molecule has 0 aromatic heterocycles. The number of Topliss-reactive ketones (excluding diaryl/α,β-unsaturated/α-hetero) is 1. The van der Waals surface area contributed by atoms with Crippen LogP contribution in [0.25, 0.3) is 5.76 Å². The van der Waals surface area contributed by atoms with Gasteiger partial charge in [-0.1, -0.05) is 24.3 Å². The third kappa shape index (κ3) is 2.13. The maximum absolute atomic E-state index is 11.4. The van der Waals surface area contributed by atoms with Crippen molar-refractivity contribution in [3.63, 3.8) is 0 Å². The Morgan fingerprint density at radius 3 is 2.59 bits per heavy atom. The van der Waals surface area contributed by atoms with Gasteiger partial charge in [0.15, 0.2) is 11.5 Å². The van der Waals surface area contributed by atoms with Crippen LogP contribution >= 0.6 is 0 Å². The molecule has 0 fully saturated rings. The largest absolute Gasteiger partial charge is 0.450 e. The zero-order chi connectivity index (χ0) is 12.4. The summed E-state index contributed by atoms with van der Waals surface area (Å²) in [4.78, 5) is 22.3. The highest BCUT2D eigenvalue weighted by molar-refractivity contribution is 5.98.